The van der Waals surface area contributed by atoms with Gasteiger partial charge in [0.05, 0.1) is 17.0 Å². The fraction of sp³-hybridized carbons (Fsp3) is 0.0435. The lowest BCUT2D eigenvalue weighted by atomic mass is 9.98. The van der Waals surface area contributed by atoms with Crippen molar-refractivity contribution in [2.75, 3.05) is 4.90 Å². The van der Waals surface area contributed by atoms with Gasteiger partial charge in [-0.1, -0.05) is 57.9 Å². The number of benzene rings is 3. The molecule has 1 aliphatic rings. The Morgan fingerprint density at radius 1 is 0.931 bits per heavy atom. The van der Waals surface area contributed by atoms with Crippen molar-refractivity contribution in [1.29, 1.82) is 0 Å². The van der Waals surface area contributed by atoms with E-state index in [2.05, 4.69) is 15.9 Å². The summed E-state index contributed by atoms with van der Waals surface area (Å²) >= 11 is 9.52. The Hall–Kier alpha value is -2.89. The highest BCUT2D eigenvalue weighted by atomic mass is 79.9. The maximum atomic E-state index is 13.4. The first-order chi connectivity index (χ1) is 14.0. The molecule has 1 aromatic heterocycles. The Kier molecular flexibility index (Phi) is 4.30. The highest BCUT2D eigenvalue weighted by Crippen LogP contribution is 2.41. The maximum absolute atomic E-state index is 13.4. The number of hydrogen-bond donors (Lipinski definition) is 0. The van der Waals surface area contributed by atoms with Crippen molar-refractivity contribution >= 4 is 50.1 Å². The number of amides is 1. The monoisotopic (exact) mass is 465 g/mol. The number of carbonyl (C=O) groups is 1. The normalized spacial score (nSPS) is 15.7. The van der Waals surface area contributed by atoms with Crippen LogP contribution in [0, 0.1) is 0 Å². The van der Waals surface area contributed by atoms with E-state index in [0.29, 0.717) is 27.2 Å². The Balaban J connectivity index is 1.82. The smallest absolute Gasteiger partial charge is 0.295 e. The lowest BCUT2D eigenvalue weighted by Crippen LogP contribution is -2.29. The number of nitrogens with zero attached hydrogens (tertiary/aromatic N) is 1. The van der Waals surface area contributed by atoms with Crippen LogP contribution in [0.25, 0.3) is 11.0 Å². The second-order valence-electron chi connectivity index (χ2n) is 6.78. The van der Waals surface area contributed by atoms with E-state index in [1.807, 2.05) is 36.4 Å². The largest absolute Gasteiger partial charge is 0.450 e. The summed E-state index contributed by atoms with van der Waals surface area (Å²) in [5.74, 6) is -0.269. The topological polar surface area (TPSA) is 50.5 Å². The van der Waals surface area contributed by atoms with Crippen LogP contribution in [0.3, 0.4) is 0 Å². The first kappa shape index (κ1) is 18.2. The molecular formula is C23H13BrClNO3. The van der Waals surface area contributed by atoms with Crippen LogP contribution in [0.4, 0.5) is 5.69 Å². The zero-order valence-corrected chi connectivity index (χ0v) is 17.3. The molecule has 4 nitrogen and oxygen atoms in total. The van der Waals surface area contributed by atoms with Gasteiger partial charge in [-0.05, 0) is 48.0 Å². The lowest BCUT2D eigenvalue weighted by Gasteiger charge is -2.25. The Labute approximate surface area is 179 Å². The van der Waals surface area contributed by atoms with Gasteiger partial charge in [0, 0.05) is 15.2 Å². The van der Waals surface area contributed by atoms with Gasteiger partial charge in [0.2, 0.25) is 5.76 Å². The van der Waals surface area contributed by atoms with Crippen molar-refractivity contribution in [1.82, 2.24) is 0 Å². The predicted octanol–water partition coefficient (Wildman–Crippen LogP) is 5.96. The summed E-state index contributed by atoms with van der Waals surface area (Å²) in [6, 6.07) is 20.9. The van der Waals surface area contributed by atoms with E-state index in [1.165, 1.54) is 0 Å². The summed E-state index contributed by atoms with van der Waals surface area (Å²) in [7, 11) is 0. The minimum Gasteiger partial charge on any atom is -0.450 e. The molecule has 0 aliphatic carbocycles. The van der Waals surface area contributed by atoms with Gasteiger partial charge in [-0.3, -0.25) is 14.5 Å². The van der Waals surface area contributed by atoms with E-state index in [0.717, 1.165) is 10.0 Å². The molecule has 142 valence electrons. The molecule has 6 heteroatoms. The molecule has 29 heavy (non-hydrogen) atoms. The molecule has 0 unspecified atom stereocenters. The van der Waals surface area contributed by atoms with Crippen LogP contribution in [0.15, 0.2) is 86.5 Å². The molecular weight excluding hydrogens is 454 g/mol. The number of anilines is 1. The fourth-order valence-electron chi connectivity index (χ4n) is 3.77. The third-order valence-electron chi connectivity index (χ3n) is 5.05. The fourth-order valence-corrected chi connectivity index (χ4v) is 4.29. The highest BCUT2D eigenvalue weighted by molar-refractivity contribution is 9.10. The maximum Gasteiger partial charge on any atom is 0.295 e. The Morgan fingerprint density at radius 2 is 1.69 bits per heavy atom. The summed E-state index contributed by atoms with van der Waals surface area (Å²) in [4.78, 5) is 28.4. The number of rotatable bonds is 2. The molecule has 0 fully saturated rings. The SMILES string of the molecule is O=C1c2oc3ccccc3c(=O)c2[C@@H](c2ccc(Cl)cc2)N1c1cccc(Br)c1. The zero-order chi connectivity index (χ0) is 20.1. The number of fused-ring (bicyclic) bond motifs is 2. The number of para-hydroxylation sites is 1. The van der Waals surface area contributed by atoms with Crippen LogP contribution < -0.4 is 10.3 Å². The van der Waals surface area contributed by atoms with E-state index < -0.39 is 6.04 Å². The number of halogens is 2. The minimum absolute atomic E-state index is 0.0774. The van der Waals surface area contributed by atoms with Crippen molar-refractivity contribution in [3.8, 4) is 0 Å². The van der Waals surface area contributed by atoms with Gasteiger partial charge >= 0.3 is 0 Å². The summed E-state index contributed by atoms with van der Waals surface area (Å²) in [6.07, 6.45) is 0. The first-order valence-corrected chi connectivity index (χ1v) is 10.1. The molecule has 0 radical (unpaired) electrons. The van der Waals surface area contributed by atoms with Crippen molar-refractivity contribution in [2.24, 2.45) is 0 Å². The van der Waals surface area contributed by atoms with Crippen molar-refractivity contribution in [3.63, 3.8) is 0 Å². The lowest BCUT2D eigenvalue weighted by molar-refractivity contribution is 0.0971. The zero-order valence-electron chi connectivity index (χ0n) is 14.9. The third kappa shape index (κ3) is 2.89. The van der Waals surface area contributed by atoms with Crippen molar-refractivity contribution < 1.29 is 9.21 Å². The van der Waals surface area contributed by atoms with Gasteiger partial charge in [0.1, 0.15) is 5.58 Å². The second kappa shape index (κ2) is 6.87. The van der Waals surface area contributed by atoms with Gasteiger partial charge in [-0.2, -0.15) is 0 Å². The average Bonchev–Trinajstić information content (AvgIpc) is 3.02. The van der Waals surface area contributed by atoms with Gasteiger partial charge in [0.15, 0.2) is 5.43 Å². The molecule has 0 bridgehead atoms. The Bertz CT molecular complexity index is 1330. The van der Waals surface area contributed by atoms with Gasteiger partial charge in [0.25, 0.3) is 5.91 Å². The molecule has 0 N–H and O–H groups in total. The molecule has 1 amide bonds. The van der Waals surface area contributed by atoms with Crippen LogP contribution in [0.1, 0.15) is 27.7 Å². The highest BCUT2D eigenvalue weighted by Gasteiger charge is 2.43. The molecule has 5 rings (SSSR count). The molecule has 0 saturated heterocycles. The number of hydrogen-bond acceptors (Lipinski definition) is 3. The van der Waals surface area contributed by atoms with Crippen molar-refractivity contribution in [3.05, 3.63) is 109 Å². The van der Waals surface area contributed by atoms with Gasteiger partial charge in [-0.25, -0.2) is 0 Å². The van der Waals surface area contributed by atoms with E-state index in [1.54, 1.807) is 41.3 Å². The molecule has 0 saturated carbocycles. The number of carbonyl (C=O) groups excluding carboxylic acids is 1. The molecule has 1 atom stereocenters. The van der Waals surface area contributed by atoms with Crippen LogP contribution in [0.5, 0.6) is 0 Å². The minimum atomic E-state index is -0.607. The van der Waals surface area contributed by atoms with Crippen LogP contribution in [-0.2, 0) is 0 Å². The van der Waals surface area contributed by atoms with E-state index >= 15 is 0 Å². The summed E-state index contributed by atoms with van der Waals surface area (Å²) < 4.78 is 6.76. The molecule has 4 aromatic rings. The van der Waals surface area contributed by atoms with Crippen molar-refractivity contribution in [2.45, 2.75) is 6.04 Å². The molecule has 1 aliphatic heterocycles. The third-order valence-corrected chi connectivity index (χ3v) is 5.79. The van der Waals surface area contributed by atoms with Gasteiger partial charge in [-0.15, -0.1) is 0 Å². The quantitative estimate of drug-likeness (QED) is 0.366. The van der Waals surface area contributed by atoms with E-state index in [-0.39, 0.29) is 17.1 Å². The van der Waals surface area contributed by atoms with E-state index in [4.69, 9.17) is 16.0 Å². The Morgan fingerprint density at radius 3 is 2.45 bits per heavy atom. The summed E-state index contributed by atoms with van der Waals surface area (Å²) in [6.45, 7) is 0. The van der Waals surface area contributed by atoms with E-state index in [9.17, 15) is 9.59 Å². The summed E-state index contributed by atoms with van der Waals surface area (Å²) in [5.41, 5.74) is 1.99. The van der Waals surface area contributed by atoms with Gasteiger partial charge < -0.3 is 4.42 Å². The molecule has 0 spiro atoms. The summed E-state index contributed by atoms with van der Waals surface area (Å²) in [5, 5.41) is 1.03. The first-order valence-electron chi connectivity index (χ1n) is 8.95. The molecule has 3 aromatic carbocycles. The van der Waals surface area contributed by atoms with Crippen LogP contribution in [0.2, 0.25) is 5.02 Å². The van der Waals surface area contributed by atoms with Crippen LogP contribution in [-0.4, -0.2) is 5.91 Å². The van der Waals surface area contributed by atoms with Crippen LogP contribution >= 0.6 is 27.5 Å². The molecule has 2 heterocycles. The second-order valence-corrected chi connectivity index (χ2v) is 8.13. The predicted molar refractivity (Wildman–Crippen MR) is 117 cm³/mol. The average molecular weight is 467 g/mol. The standard InChI is InChI=1S/C23H13BrClNO3/c24-14-4-3-5-16(12-14)26-20(13-8-10-15(25)11-9-13)19-21(27)17-6-1-2-7-18(17)29-22(19)23(26)28/h1-12,20H/t20-/m1/s1.